The molecule has 0 bridgehead atoms. The van der Waals surface area contributed by atoms with E-state index < -0.39 is 0 Å². The van der Waals surface area contributed by atoms with Gasteiger partial charge in [-0.1, -0.05) is 0 Å². The average molecular weight is 275 g/mol. The zero-order valence-corrected chi connectivity index (χ0v) is 12.3. The first-order chi connectivity index (χ1) is 9.72. The number of rotatable bonds is 2. The maximum absolute atomic E-state index is 9.57. The second kappa shape index (κ2) is 6.10. The van der Waals surface area contributed by atoms with Crippen molar-refractivity contribution in [3.8, 4) is 0 Å². The minimum atomic E-state index is -0.115. The Labute approximate surface area is 121 Å². The van der Waals surface area contributed by atoms with Crippen molar-refractivity contribution in [3.63, 3.8) is 0 Å². The number of aliphatic hydroxyl groups excluding tert-OH is 1. The molecular weight excluding hydrogens is 250 g/mol. The van der Waals surface area contributed by atoms with Crippen molar-refractivity contribution in [1.82, 2.24) is 9.88 Å². The molecule has 0 aromatic carbocycles. The molecule has 2 saturated heterocycles. The third-order valence-electron chi connectivity index (χ3n) is 4.64. The summed E-state index contributed by atoms with van der Waals surface area (Å²) < 4.78 is 0. The number of aliphatic hydroxyl groups is 1. The summed E-state index contributed by atoms with van der Waals surface area (Å²) >= 11 is 0. The van der Waals surface area contributed by atoms with Gasteiger partial charge < -0.3 is 14.9 Å². The lowest BCUT2D eigenvalue weighted by molar-refractivity contribution is 0.145. The average Bonchev–Trinajstić information content (AvgIpc) is 2.48. The molecule has 0 amide bonds. The Morgan fingerprint density at radius 2 is 1.95 bits per heavy atom. The number of likely N-dealkylation sites (tertiary alicyclic amines) is 1. The Balaban J connectivity index is 1.65. The Morgan fingerprint density at radius 3 is 2.60 bits per heavy atom. The Kier molecular flexibility index (Phi) is 4.22. The van der Waals surface area contributed by atoms with Crippen molar-refractivity contribution in [2.75, 3.05) is 38.1 Å². The molecule has 2 fully saturated rings. The molecule has 3 heterocycles. The highest BCUT2D eigenvalue weighted by Gasteiger charge is 2.21. The zero-order chi connectivity index (χ0) is 13.9. The van der Waals surface area contributed by atoms with E-state index in [4.69, 9.17) is 4.98 Å². The van der Waals surface area contributed by atoms with Crippen LogP contribution in [-0.2, 0) is 0 Å². The van der Waals surface area contributed by atoms with Crippen LogP contribution in [0.5, 0.6) is 0 Å². The predicted molar refractivity (Wildman–Crippen MR) is 81.2 cm³/mol. The number of piperidine rings is 2. The van der Waals surface area contributed by atoms with Gasteiger partial charge in [-0.3, -0.25) is 4.98 Å². The molecule has 0 saturated carbocycles. The number of anilines is 1. The molecule has 20 heavy (non-hydrogen) atoms. The van der Waals surface area contributed by atoms with Gasteiger partial charge in [-0.05, 0) is 51.4 Å². The van der Waals surface area contributed by atoms with Crippen molar-refractivity contribution in [3.05, 3.63) is 24.0 Å². The fourth-order valence-corrected chi connectivity index (χ4v) is 3.36. The summed E-state index contributed by atoms with van der Waals surface area (Å²) in [5, 5.41) is 9.57. The van der Waals surface area contributed by atoms with Crippen LogP contribution in [0, 0.1) is 0 Å². The number of likely N-dealkylation sites (N-methyl/N-ethyl adjacent to an activating group) is 1. The smallest absolute Gasteiger partial charge is 0.0574 e. The van der Waals surface area contributed by atoms with Crippen LogP contribution in [0.1, 0.15) is 37.3 Å². The minimum Gasteiger partial charge on any atom is -0.393 e. The second-order valence-electron chi connectivity index (χ2n) is 6.26. The molecule has 1 unspecified atom stereocenters. The number of hydrogen-bond acceptors (Lipinski definition) is 4. The van der Waals surface area contributed by atoms with Crippen LogP contribution in [0.4, 0.5) is 5.69 Å². The van der Waals surface area contributed by atoms with E-state index in [0.29, 0.717) is 5.92 Å². The van der Waals surface area contributed by atoms with E-state index in [1.807, 2.05) is 6.20 Å². The van der Waals surface area contributed by atoms with Gasteiger partial charge in [0.25, 0.3) is 0 Å². The fraction of sp³-hybridized carbons (Fsp3) is 0.688. The molecule has 110 valence electrons. The van der Waals surface area contributed by atoms with Crippen molar-refractivity contribution in [1.29, 1.82) is 0 Å². The number of pyridine rings is 1. The number of aromatic nitrogens is 1. The van der Waals surface area contributed by atoms with Crippen molar-refractivity contribution in [2.45, 2.75) is 37.7 Å². The van der Waals surface area contributed by atoms with E-state index in [1.54, 1.807) is 0 Å². The SMILES string of the molecule is CN1CCCC(c2ccc(N3CCC(O)CC3)cn2)C1. The van der Waals surface area contributed by atoms with E-state index in [0.717, 1.165) is 32.5 Å². The maximum atomic E-state index is 9.57. The predicted octanol–water partition coefficient (Wildman–Crippen LogP) is 1.85. The Morgan fingerprint density at radius 1 is 1.15 bits per heavy atom. The largest absolute Gasteiger partial charge is 0.393 e. The first-order valence-electron chi connectivity index (χ1n) is 7.80. The molecule has 1 atom stereocenters. The molecule has 2 aliphatic heterocycles. The summed E-state index contributed by atoms with van der Waals surface area (Å²) in [6.07, 6.45) is 6.17. The topological polar surface area (TPSA) is 39.6 Å². The first-order valence-corrected chi connectivity index (χ1v) is 7.80. The van der Waals surface area contributed by atoms with Crippen LogP contribution in [0.15, 0.2) is 18.3 Å². The third kappa shape index (κ3) is 3.13. The van der Waals surface area contributed by atoms with Crippen LogP contribution in [0.25, 0.3) is 0 Å². The summed E-state index contributed by atoms with van der Waals surface area (Å²) in [7, 11) is 2.19. The lowest BCUT2D eigenvalue weighted by Gasteiger charge is -2.32. The summed E-state index contributed by atoms with van der Waals surface area (Å²) in [4.78, 5) is 9.43. The molecule has 2 aliphatic rings. The molecular formula is C16H25N3O. The van der Waals surface area contributed by atoms with Gasteiger partial charge in [-0.2, -0.15) is 0 Å². The van der Waals surface area contributed by atoms with Gasteiger partial charge in [0.2, 0.25) is 0 Å². The lowest BCUT2D eigenvalue weighted by Crippen LogP contribution is -2.36. The maximum Gasteiger partial charge on any atom is 0.0574 e. The van der Waals surface area contributed by atoms with Crippen molar-refractivity contribution >= 4 is 5.69 Å². The van der Waals surface area contributed by atoms with Crippen LogP contribution >= 0.6 is 0 Å². The van der Waals surface area contributed by atoms with Crippen molar-refractivity contribution in [2.24, 2.45) is 0 Å². The van der Waals surface area contributed by atoms with E-state index in [9.17, 15) is 5.11 Å². The molecule has 1 aromatic rings. The van der Waals surface area contributed by atoms with Crippen LogP contribution in [0.3, 0.4) is 0 Å². The standard InChI is InChI=1S/C16H25N3O/c1-18-8-2-3-13(12-18)16-5-4-14(11-17-16)19-9-6-15(20)7-10-19/h4-5,11,13,15,20H,2-3,6-10,12H2,1H3. The second-order valence-corrected chi connectivity index (χ2v) is 6.26. The van der Waals surface area contributed by atoms with E-state index in [1.165, 1.54) is 30.8 Å². The molecule has 3 rings (SSSR count). The highest BCUT2D eigenvalue weighted by molar-refractivity contribution is 5.45. The lowest BCUT2D eigenvalue weighted by atomic mass is 9.94. The molecule has 1 N–H and O–H groups in total. The van der Waals surface area contributed by atoms with Crippen LogP contribution in [0.2, 0.25) is 0 Å². The Bertz CT molecular complexity index is 426. The monoisotopic (exact) mass is 275 g/mol. The van der Waals surface area contributed by atoms with Gasteiger partial charge in [-0.25, -0.2) is 0 Å². The summed E-state index contributed by atoms with van der Waals surface area (Å²) in [6.45, 7) is 4.22. The Hall–Kier alpha value is -1.13. The van der Waals surface area contributed by atoms with Gasteiger partial charge in [0.05, 0.1) is 18.0 Å². The quantitative estimate of drug-likeness (QED) is 0.894. The third-order valence-corrected chi connectivity index (χ3v) is 4.64. The van der Waals surface area contributed by atoms with Gasteiger partial charge in [0.1, 0.15) is 0 Å². The van der Waals surface area contributed by atoms with Crippen LogP contribution < -0.4 is 4.90 Å². The summed E-state index contributed by atoms with van der Waals surface area (Å²) in [6, 6.07) is 4.40. The van der Waals surface area contributed by atoms with Gasteiger partial charge in [0.15, 0.2) is 0 Å². The molecule has 1 aromatic heterocycles. The van der Waals surface area contributed by atoms with Crippen LogP contribution in [-0.4, -0.2) is 54.3 Å². The highest BCUT2D eigenvalue weighted by Crippen LogP contribution is 2.26. The minimum absolute atomic E-state index is 0.115. The number of nitrogens with zero attached hydrogens (tertiary/aromatic N) is 3. The molecule has 0 radical (unpaired) electrons. The summed E-state index contributed by atoms with van der Waals surface area (Å²) in [5.41, 5.74) is 2.43. The first kappa shape index (κ1) is 13.8. The van der Waals surface area contributed by atoms with Gasteiger partial charge in [0, 0.05) is 31.2 Å². The van der Waals surface area contributed by atoms with Crippen molar-refractivity contribution < 1.29 is 5.11 Å². The summed E-state index contributed by atoms with van der Waals surface area (Å²) in [5.74, 6) is 0.589. The molecule has 0 aliphatic carbocycles. The fourth-order valence-electron chi connectivity index (χ4n) is 3.36. The van der Waals surface area contributed by atoms with E-state index >= 15 is 0 Å². The number of hydrogen-bond donors (Lipinski definition) is 1. The van der Waals surface area contributed by atoms with E-state index in [2.05, 4.69) is 29.0 Å². The normalized spacial score (nSPS) is 25.9. The highest BCUT2D eigenvalue weighted by atomic mass is 16.3. The van der Waals surface area contributed by atoms with Gasteiger partial charge >= 0.3 is 0 Å². The zero-order valence-electron chi connectivity index (χ0n) is 12.3. The molecule has 4 heteroatoms. The molecule has 4 nitrogen and oxygen atoms in total. The molecule has 0 spiro atoms. The van der Waals surface area contributed by atoms with E-state index in [-0.39, 0.29) is 6.10 Å². The van der Waals surface area contributed by atoms with Gasteiger partial charge in [-0.15, -0.1) is 0 Å².